The van der Waals surface area contributed by atoms with E-state index in [-0.39, 0.29) is 12.5 Å². The van der Waals surface area contributed by atoms with Crippen molar-refractivity contribution in [2.24, 2.45) is 5.10 Å². The van der Waals surface area contributed by atoms with E-state index in [9.17, 15) is 9.59 Å². The van der Waals surface area contributed by atoms with Gasteiger partial charge in [0.1, 0.15) is 11.5 Å². The highest BCUT2D eigenvalue weighted by molar-refractivity contribution is 9.10. The zero-order chi connectivity index (χ0) is 25.5. The lowest BCUT2D eigenvalue weighted by Gasteiger charge is -2.15. The van der Waals surface area contributed by atoms with Crippen molar-refractivity contribution < 1.29 is 19.1 Å². The summed E-state index contributed by atoms with van der Waals surface area (Å²) in [5.41, 5.74) is 6.49. The Balaban J connectivity index is 1.65. The third kappa shape index (κ3) is 7.50. The molecular formula is C27H26Br2N2O4. The fraction of sp³-hybridized carbons (Fsp3) is 0.222. The molecule has 1 amide bonds. The summed E-state index contributed by atoms with van der Waals surface area (Å²) in [5.74, 6) is 0.326. The van der Waals surface area contributed by atoms with Gasteiger partial charge in [0.25, 0.3) is 5.91 Å². The van der Waals surface area contributed by atoms with Gasteiger partial charge < -0.3 is 9.47 Å². The van der Waals surface area contributed by atoms with Crippen molar-refractivity contribution in [3.8, 4) is 11.5 Å². The van der Waals surface area contributed by atoms with Crippen LogP contribution in [0.2, 0.25) is 0 Å². The number of esters is 1. The quantitative estimate of drug-likeness (QED) is 0.135. The molecule has 0 atom stereocenters. The Morgan fingerprint density at radius 2 is 1.71 bits per heavy atom. The third-order valence-electron chi connectivity index (χ3n) is 5.13. The van der Waals surface area contributed by atoms with E-state index in [1.54, 1.807) is 30.3 Å². The summed E-state index contributed by atoms with van der Waals surface area (Å²) < 4.78 is 13.1. The van der Waals surface area contributed by atoms with Crippen molar-refractivity contribution in [3.63, 3.8) is 0 Å². The Hall–Kier alpha value is -2.97. The SMILES string of the molecule is Cc1ccc(C(=O)Oc2ccc(Br)cc2/C=N\NC(=O)COc2cc(C)c(Br)cc2C(C)C)cc1. The molecular weight excluding hydrogens is 576 g/mol. The normalized spacial score (nSPS) is 11.1. The molecule has 0 aliphatic rings. The van der Waals surface area contributed by atoms with Gasteiger partial charge in [-0.3, -0.25) is 4.79 Å². The highest BCUT2D eigenvalue weighted by Crippen LogP contribution is 2.32. The first-order valence-electron chi connectivity index (χ1n) is 11.0. The number of halogens is 2. The first-order valence-corrected chi connectivity index (χ1v) is 12.6. The van der Waals surface area contributed by atoms with E-state index in [1.807, 2.05) is 38.1 Å². The maximum Gasteiger partial charge on any atom is 0.343 e. The van der Waals surface area contributed by atoms with Gasteiger partial charge >= 0.3 is 5.97 Å². The van der Waals surface area contributed by atoms with Crippen LogP contribution in [0.25, 0.3) is 0 Å². The maximum atomic E-state index is 12.5. The van der Waals surface area contributed by atoms with Crippen molar-refractivity contribution >= 4 is 50.0 Å². The second-order valence-corrected chi connectivity index (χ2v) is 10.1. The smallest absolute Gasteiger partial charge is 0.343 e. The molecule has 0 spiro atoms. The summed E-state index contributed by atoms with van der Waals surface area (Å²) in [6, 6.07) is 16.2. The first-order chi connectivity index (χ1) is 16.6. The molecule has 0 heterocycles. The van der Waals surface area contributed by atoms with Crippen molar-refractivity contribution in [1.82, 2.24) is 5.43 Å². The molecule has 1 N–H and O–H groups in total. The van der Waals surface area contributed by atoms with Gasteiger partial charge in [-0.1, -0.05) is 63.4 Å². The number of hydrogen-bond donors (Lipinski definition) is 1. The van der Waals surface area contributed by atoms with Crippen molar-refractivity contribution in [3.05, 3.63) is 91.4 Å². The summed E-state index contributed by atoms with van der Waals surface area (Å²) in [4.78, 5) is 24.8. The van der Waals surface area contributed by atoms with Crippen LogP contribution in [-0.2, 0) is 4.79 Å². The molecule has 0 aromatic heterocycles. The highest BCUT2D eigenvalue weighted by atomic mass is 79.9. The fourth-order valence-corrected chi connectivity index (χ4v) is 3.90. The van der Waals surface area contributed by atoms with Crippen LogP contribution in [0.15, 0.2) is 68.6 Å². The lowest BCUT2D eigenvalue weighted by Crippen LogP contribution is -2.25. The Morgan fingerprint density at radius 1 is 1.00 bits per heavy atom. The minimum absolute atomic E-state index is 0.189. The molecule has 6 nitrogen and oxygen atoms in total. The van der Waals surface area contributed by atoms with E-state index in [2.05, 4.69) is 56.2 Å². The molecule has 8 heteroatoms. The monoisotopic (exact) mass is 600 g/mol. The Morgan fingerprint density at radius 3 is 2.40 bits per heavy atom. The van der Waals surface area contributed by atoms with E-state index < -0.39 is 11.9 Å². The average Bonchev–Trinajstić information content (AvgIpc) is 2.81. The van der Waals surface area contributed by atoms with Crippen LogP contribution in [0.5, 0.6) is 11.5 Å². The molecule has 182 valence electrons. The number of amides is 1. The number of nitrogens with one attached hydrogen (secondary N) is 1. The number of carbonyl (C=O) groups excluding carboxylic acids is 2. The van der Waals surface area contributed by atoms with Gasteiger partial charge in [0, 0.05) is 14.5 Å². The fourth-order valence-electron chi connectivity index (χ4n) is 3.16. The molecule has 35 heavy (non-hydrogen) atoms. The summed E-state index contributed by atoms with van der Waals surface area (Å²) in [5, 5.41) is 4.01. The summed E-state index contributed by atoms with van der Waals surface area (Å²) in [6.07, 6.45) is 1.42. The van der Waals surface area contributed by atoms with Gasteiger partial charge in [-0.25, -0.2) is 10.2 Å². The molecule has 0 radical (unpaired) electrons. The molecule has 3 rings (SSSR count). The van der Waals surface area contributed by atoms with Gasteiger partial charge in [0.2, 0.25) is 0 Å². The van der Waals surface area contributed by atoms with Crippen LogP contribution in [0.3, 0.4) is 0 Å². The lowest BCUT2D eigenvalue weighted by atomic mass is 10.0. The third-order valence-corrected chi connectivity index (χ3v) is 6.47. The van der Waals surface area contributed by atoms with E-state index in [1.165, 1.54) is 6.21 Å². The van der Waals surface area contributed by atoms with Crippen LogP contribution < -0.4 is 14.9 Å². The predicted molar refractivity (Wildman–Crippen MR) is 144 cm³/mol. The van der Waals surface area contributed by atoms with Gasteiger partial charge in [0.15, 0.2) is 6.61 Å². The standard InChI is InChI=1S/C27H26Br2N2O4/c1-16(2)22-13-23(29)18(4)11-25(22)34-15-26(32)31-30-14-20-12-21(28)9-10-24(20)35-27(33)19-7-5-17(3)6-8-19/h5-14,16H,15H2,1-4H3,(H,31,32)/b30-14-. The second-order valence-electron chi connectivity index (χ2n) is 8.31. The van der Waals surface area contributed by atoms with Crippen LogP contribution >= 0.6 is 31.9 Å². The Labute approximate surface area is 222 Å². The second kappa shape index (κ2) is 12.1. The molecule has 0 aliphatic heterocycles. The van der Waals surface area contributed by atoms with E-state index >= 15 is 0 Å². The van der Waals surface area contributed by atoms with Crippen LogP contribution in [-0.4, -0.2) is 24.7 Å². The number of nitrogens with zero attached hydrogens (tertiary/aromatic N) is 1. The molecule has 0 aliphatic carbocycles. The zero-order valence-electron chi connectivity index (χ0n) is 19.9. The largest absolute Gasteiger partial charge is 0.483 e. The number of benzene rings is 3. The topological polar surface area (TPSA) is 77.0 Å². The molecule has 3 aromatic carbocycles. The minimum atomic E-state index is -0.481. The van der Waals surface area contributed by atoms with Gasteiger partial charge in [-0.2, -0.15) is 5.10 Å². The van der Waals surface area contributed by atoms with E-state index in [0.717, 1.165) is 25.6 Å². The number of rotatable bonds is 8. The van der Waals surface area contributed by atoms with Crippen molar-refractivity contribution in [2.75, 3.05) is 6.61 Å². The Kier molecular flexibility index (Phi) is 9.23. The van der Waals surface area contributed by atoms with E-state index in [0.29, 0.717) is 22.6 Å². The van der Waals surface area contributed by atoms with Gasteiger partial charge in [-0.05, 0) is 73.4 Å². The molecule has 0 bridgehead atoms. The average molecular weight is 602 g/mol. The number of hydrogen-bond acceptors (Lipinski definition) is 5. The minimum Gasteiger partial charge on any atom is -0.483 e. The first kappa shape index (κ1) is 26.6. The van der Waals surface area contributed by atoms with Crippen LogP contribution in [0, 0.1) is 13.8 Å². The number of ether oxygens (including phenoxy) is 2. The van der Waals surface area contributed by atoms with Gasteiger partial charge in [-0.15, -0.1) is 0 Å². The highest BCUT2D eigenvalue weighted by Gasteiger charge is 2.13. The Bertz CT molecular complexity index is 1250. The predicted octanol–water partition coefficient (Wildman–Crippen LogP) is 6.70. The maximum absolute atomic E-state index is 12.5. The van der Waals surface area contributed by atoms with Gasteiger partial charge in [0.05, 0.1) is 11.8 Å². The molecule has 0 unspecified atom stereocenters. The van der Waals surface area contributed by atoms with E-state index in [4.69, 9.17) is 9.47 Å². The summed E-state index contributed by atoms with van der Waals surface area (Å²) >= 11 is 6.94. The molecule has 0 saturated carbocycles. The summed E-state index contributed by atoms with van der Waals surface area (Å²) in [7, 11) is 0. The lowest BCUT2D eigenvalue weighted by molar-refractivity contribution is -0.123. The molecule has 0 fully saturated rings. The number of hydrazone groups is 1. The van der Waals surface area contributed by atoms with Crippen molar-refractivity contribution in [2.45, 2.75) is 33.6 Å². The number of aryl methyl sites for hydroxylation is 2. The molecule has 0 saturated heterocycles. The zero-order valence-corrected chi connectivity index (χ0v) is 23.1. The number of carbonyl (C=O) groups is 2. The molecule has 3 aromatic rings. The van der Waals surface area contributed by atoms with Crippen LogP contribution in [0.4, 0.5) is 0 Å². The van der Waals surface area contributed by atoms with Crippen molar-refractivity contribution in [1.29, 1.82) is 0 Å². The van der Waals surface area contributed by atoms with Crippen LogP contribution in [0.1, 0.15) is 52.4 Å². The summed E-state index contributed by atoms with van der Waals surface area (Å²) in [6.45, 7) is 7.85.